The van der Waals surface area contributed by atoms with Gasteiger partial charge >= 0.3 is 0 Å². The molecule has 28 heavy (non-hydrogen) atoms. The van der Waals surface area contributed by atoms with Crippen molar-refractivity contribution in [2.24, 2.45) is 5.92 Å². The van der Waals surface area contributed by atoms with E-state index in [1.165, 1.54) is 11.8 Å². The van der Waals surface area contributed by atoms with Crippen molar-refractivity contribution in [2.45, 2.75) is 25.5 Å². The molecule has 0 saturated carbocycles. The normalized spacial score (nSPS) is 10.8. The van der Waals surface area contributed by atoms with Crippen molar-refractivity contribution < 1.29 is 9.21 Å². The van der Waals surface area contributed by atoms with Gasteiger partial charge < -0.3 is 9.73 Å². The number of aromatic nitrogens is 3. The third-order valence-electron chi connectivity index (χ3n) is 3.71. The van der Waals surface area contributed by atoms with E-state index in [4.69, 9.17) is 21.3 Å². The summed E-state index contributed by atoms with van der Waals surface area (Å²) in [6.45, 7) is 4.90. The highest BCUT2D eigenvalue weighted by molar-refractivity contribution is 7.99. The molecule has 1 N–H and O–H groups in total. The predicted molar refractivity (Wildman–Crippen MR) is 108 cm³/mol. The Morgan fingerprint density at radius 3 is 2.86 bits per heavy atom. The summed E-state index contributed by atoms with van der Waals surface area (Å²) >= 11 is 7.29. The van der Waals surface area contributed by atoms with E-state index in [2.05, 4.69) is 29.4 Å². The molecule has 2 aromatic heterocycles. The van der Waals surface area contributed by atoms with Crippen LogP contribution in [0.5, 0.6) is 0 Å². The van der Waals surface area contributed by atoms with Gasteiger partial charge in [0.15, 0.2) is 16.7 Å². The third-order valence-corrected chi connectivity index (χ3v) is 4.99. The van der Waals surface area contributed by atoms with Crippen LogP contribution in [0.2, 0.25) is 5.02 Å². The number of furan rings is 1. The number of thioether (sulfide) groups is 1. The minimum Gasteiger partial charge on any atom is -0.461 e. The van der Waals surface area contributed by atoms with Crippen molar-refractivity contribution in [1.29, 1.82) is 5.26 Å². The summed E-state index contributed by atoms with van der Waals surface area (Å²) in [5.41, 5.74) is 0.899. The SMILES string of the molecule is CC(C)Cn1c(SCC(=O)Nc2ccc(C#N)c(Cl)c2)nnc1-c1ccco1. The van der Waals surface area contributed by atoms with Crippen LogP contribution in [-0.2, 0) is 11.3 Å². The Morgan fingerprint density at radius 1 is 1.39 bits per heavy atom. The Balaban J connectivity index is 1.69. The number of nitrogens with zero attached hydrogens (tertiary/aromatic N) is 4. The van der Waals surface area contributed by atoms with Gasteiger partial charge in [0.05, 0.1) is 22.6 Å². The Labute approximate surface area is 171 Å². The number of nitrogens with one attached hydrogen (secondary N) is 1. The molecular weight excluding hydrogens is 398 g/mol. The van der Waals surface area contributed by atoms with Crippen molar-refractivity contribution in [3.8, 4) is 17.7 Å². The average molecular weight is 416 g/mol. The van der Waals surface area contributed by atoms with Crippen LogP contribution in [0.3, 0.4) is 0 Å². The van der Waals surface area contributed by atoms with E-state index < -0.39 is 0 Å². The maximum atomic E-state index is 12.3. The first kappa shape index (κ1) is 20.0. The van der Waals surface area contributed by atoms with Crippen LogP contribution >= 0.6 is 23.4 Å². The standard InChI is InChI=1S/C19H18ClN5O2S/c1-12(2)10-25-18(16-4-3-7-27-16)23-24-19(25)28-11-17(26)22-14-6-5-13(9-21)15(20)8-14/h3-8,12H,10-11H2,1-2H3,(H,22,26). The Bertz CT molecular complexity index is 1010. The van der Waals surface area contributed by atoms with Gasteiger partial charge in [-0.25, -0.2) is 0 Å². The van der Waals surface area contributed by atoms with E-state index in [1.54, 1.807) is 30.5 Å². The van der Waals surface area contributed by atoms with Crippen LogP contribution in [0.4, 0.5) is 5.69 Å². The molecule has 3 aromatic rings. The van der Waals surface area contributed by atoms with E-state index in [9.17, 15) is 4.79 Å². The van der Waals surface area contributed by atoms with E-state index in [0.717, 1.165) is 0 Å². The summed E-state index contributed by atoms with van der Waals surface area (Å²) in [7, 11) is 0. The molecule has 0 unspecified atom stereocenters. The zero-order chi connectivity index (χ0) is 20.1. The highest BCUT2D eigenvalue weighted by Gasteiger charge is 2.18. The van der Waals surface area contributed by atoms with E-state index >= 15 is 0 Å². The van der Waals surface area contributed by atoms with Crippen LogP contribution < -0.4 is 5.32 Å². The maximum Gasteiger partial charge on any atom is 0.234 e. The zero-order valence-corrected chi connectivity index (χ0v) is 16.9. The summed E-state index contributed by atoms with van der Waals surface area (Å²) in [4.78, 5) is 12.3. The number of nitriles is 1. The van der Waals surface area contributed by atoms with E-state index in [1.807, 2.05) is 16.7 Å². The zero-order valence-electron chi connectivity index (χ0n) is 15.3. The Hall–Kier alpha value is -2.76. The van der Waals surface area contributed by atoms with E-state index in [-0.39, 0.29) is 11.7 Å². The number of hydrogen-bond donors (Lipinski definition) is 1. The molecule has 144 valence electrons. The van der Waals surface area contributed by atoms with Gasteiger partial charge in [0, 0.05) is 12.2 Å². The van der Waals surface area contributed by atoms with E-state index in [0.29, 0.717) is 45.5 Å². The minimum absolute atomic E-state index is 0.159. The minimum atomic E-state index is -0.204. The monoisotopic (exact) mass is 415 g/mol. The van der Waals surface area contributed by atoms with Crippen LogP contribution in [0, 0.1) is 17.2 Å². The van der Waals surface area contributed by atoms with Gasteiger partial charge in [-0.05, 0) is 36.2 Å². The summed E-state index contributed by atoms with van der Waals surface area (Å²) in [6.07, 6.45) is 1.59. The van der Waals surface area contributed by atoms with Crippen LogP contribution in [0.15, 0.2) is 46.2 Å². The first-order valence-electron chi connectivity index (χ1n) is 8.57. The van der Waals surface area contributed by atoms with Crippen molar-refractivity contribution >= 4 is 35.0 Å². The second-order valence-corrected chi connectivity index (χ2v) is 7.78. The topological polar surface area (TPSA) is 96.7 Å². The number of rotatable bonds is 7. The van der Waals surface area contributed by atoms with Crippen LogP contribution in [0.25, 0.3) is 11.6 Å². The first-order chi connectivity index (χ1) is 13.5. The first-order valence-corrected chi connectivity index (χ1v) is 9.93. The number of halogens is 1. The van der Waals surface area contributed by atoms with Crippen LogP contribution in [-0.4, -0.2) is 26.4 Å². The molecule has 0 spiro atoms. The molecule has 9 heteroatoms. The lowest BCUT2D eigenvalue weighted by Gasteiger charge is -2.11. The lowest BCUT2D eigenvalue weighted by atomic mass is 10.2. The molecule has 0 aliphatic rings. The van der Waals surface area contributed by atoms with Gasteiger partial charge in [0.1, 0.15) is 6.07 Å². The van der Waals surface area contributed by atoms with Gasteiger partial charge in [0.2, 0.25) is 5.91 Å². The second-order valence-electron chi connectivity index (χ2n) is 6.43. The molecule has 0 fully saturated rings. The Morgan fingerprint density at radius 2 is 2.21 bits per heavy atom. The smallest absolute Gasteiger partial charge is 0.234 e. The average Bonchev–Trinajstić information content (AvgIpc) is 3.29. The lowest BCUT2D eigenvalue weighted by Crippen LogP contribution is -2.15. The molecule has 0 aliphatic carbocycles. The van der Waals surface area contributed by atoms with Crippen molar-refractivity contribution in [2.75, 3.05) is 11.1 Å². The lowest BCUT2D eigenvalue weighted by molar-refractivity contribution is -0.113. The fourth-order valence-corrected chi connectivity index (χ4v) is 3.49. The highest BCUT2D eigenvalue weighted by Crippen LogP contribution is 2.26. The van der Waals surface area contributed by atoms with Gasteiger partial charge in [-0.15, -0.1) is 10.2 Å². The molecule has 1 amide bonds. The molecule has 0 radical (unpaired) electrons. The van der Waals surface area contributed by atoms with Crippen molar-refractivity contribution in [1.82, 2.24) is 14.8 Å². The molecule has 0 aliphatic heterocycles. The molecule has 3 rings (SSSR count). The summed E-state index contributed by atoms with van der Waals surface area (Å²) in [6, 6.07) is 10.4. The number of amides is 1. The number of carbonyl (C=O) groups is 1. The third kappa shape index (κ3) is 4.74. The molecule has 0 atom stereocenters. The second kappa shape index (κ2) is 8.95. The number of benzene rings is 1. The predicted octanol–water partition coefficient (Wildman–Crippen LogP) is 4.45. The summed E-state index contributed by atoms with van der Waals surface area (Å²) in [5.74, 6) is 1.60. The van der Waals surface area contributed by atoms with Gasteiger partial charge in [-0.3, -0.25) is 9.36 Å². The molecule has 1 aromatic carbocycles. The fraction of sp³-hybridized carbons (Fsp3) is 0.263. The molecule has 2 heterocycles. The number of hydrogen-bond acceptors (Lipinski definition) is 6. The van der Waals surface area contributed by atoms with Crippen molar-refractivity contribution in [3.63, 3.8) is 0 Å². The summed E-state index contributed by atoms with van der Waals surface area (Å²) < 4.78 is 7.40. The molecule has 0 bridgehead atoms. The quantitative estimate of drug-likeness (QED) is 0.572. The Kier molecular flexibility index (Phi) is 6.39. The summed E-state index contributed by atoms with van der Waals surface area (Å²) in [5, 5.41) is 21.1. The molecular formula is C19H18ClN5O2S. The number of anilines is 1. The van der Waals surface area contributed by atoms with Crippen molar-refractivity contribution in [3.05, 3.63) is 47.2 Å². The van der Waals surface area contributed by atoms with Gasteiger partial charge in [-0.2, -0.15) is 5.26 Å². The van der Waals surface area contributed by atoms with Crippen LogP contribution in [0.1, 0.15) is 19.4 Å². The highest BCUT2D eigenvalue weighted by atomic mass is 35.5. The largest absolute Gasteiger partial charge is 0.461 e. The maximum absolute atomic E-state index is 12.3. The molecule has 0 saturated heterocycles. The van der Waals surface area contributed by atoms with Gasteiger partial charge in [-0.1, -0.05) is 37.2 Å². The number of carbonyl (C=O) groups excluding carboxylic acids is 1. The fourth-order valence-electron chi connectivity index (χ4n) is 2.52. The van der Waals surface area contributed by atoms with Gasteiger partial charge in [0.25, 0.3) is 0 Å². The molecule has 7 nitrogen and oxygen atoms in total.